The number of thioether (sulfide) groups is 1. The number of benzene rings is 2. The van der Waals surface area contributed by atoms with Crippen LogP contribution in [-0.2, 0) is 6.54 Å². The third kappa shape index (κ3) is 4.88. The first kappa shape index (κ1) is 18.6. The maximum Gasteiger partial charge on any atom is 0.162 e. The van der Waals surface area contributed by atoms with Crippen molar-refractivity contribution in [3.05, 3.63) is 53.3 Å². The molecule has 0 unspecified atom stereocenters. The number of aliphatic imine (C=N–C) groups is 1. The van der Waals surface area contributed by atoms with E-state index in [1.807, 2.05) is 6.26 Å². The zero-order chi connectivity index (χ0) is 18.2. The van der Waals surface area contributed by atoms with Crippen LogP contribution in [0.2, 0.25) is 0 Å². The molecule has 25 heavy (non-hydrogen) atoms. The quantitative estimate of drug-likeness (QED) is 0.644. The van der Waals surface area contributed by atoms with Crippen LogP contribution in [0.25, 0.3) is 0 Å². The maximum absolute atomic E-state index is 13.0. The molecule has 1 N–H and O–H groups in total. The van der Waals surface area contributed by atoms with Crippen LogP contribution in [0.4, 0.5) is 10.1 Å². The fourth-order valence-electron chi connectivity index (χ4n) is 2.10. The molecular formula is C18H18FN3O2S. The summed E-state index contributed by atoms with van der Waals surface area (Å²) >= 11 is 1.41. The first-order chi connectivity index (χ1) is 12.1. The molecule has 0 saturated heterocycles. The molecular weight excluding hydrogens is 341 g/mol. The molecule has 2 rings (SSSR count). The third-order valence-corrected chi connectivity index (χ3v) is 4.02. The summed E-state index contributed by atoms with van der Waals surface area (Å²) in [5.74, 6) is 0.724. The lowest BCUT2D eigenvalue weighted by Crippen LogP contribution is -2.09. The van der Waals surface area contributed by atoms with Gasteiger partial charge in [-0.3, -0.25) is 4.99 Å². The van der Waals surface area contributed by atoms with Gasteiger partial charge in [0.2, 0.25) is 0 Å². The molecule has 0 heterocycles. The van der Waals surface area contributed by atoms with Crippen LogP contribution in [0.3, 0.4) is 0 Å². The van der Waals surface area contributed by atoms with Gasteiger partial charge in [-0.05, 0) is 24.0 Å². The van der Waals surface area contributed by atoms with Gasteiger partial charge in [0.15, 0.2) is 16.7 Å². The second-order valence-electron chi connectivity index (χ2n) is 4.94. The smallest absolute Gasteiger partial charge is 0.162 e. The number of ether oxygens (including phenoxy) is 2. The molecule has 0 aromatic heterocycles. The Hall–Kier alpha value is -2.72. The second-order valence-corrected chi connectivity index (χ2v) is 5.74. The van der Waals surface area contributed by atoms with E-state index in [0.29, 0.717) is 34.5 Å². The van der Waals surface area contributed by atoms with Gasteiger partial charge in [0.05, 0.1) is 32.0 Å². The van der Waals surface area contributed by atoms with Crippen LogP contribution in [0, 0.1) is 17.1 Å². The van der Waals surface area contributed by atoms with Crippen molar-refractivity contribution in [3.8, 4) is 17.6 Å². The first-order valence-electron chi connectivity index (χ1n) is 7.37. The lowest BCUT2D eigenvalue weighted by Gasteiger charge is -2.13. The van der Waals surface area contributed by atoms with Crippen molar-refractivity contribution < 1.29 is 13.9 Å². The Kier molecular flexibility index (Phi) is 6.66. The number of methoxy groups -OCH3 is 2. The van der Waals surface area contributed by atoms with E-state index in [1.165, 1.54) is 38.1 Å². The normalized spacial score (nSPS) is 10.9. The van der Waals surface area contributed by atoms with Crippen molar-refractivity contribution in [2.24, 2.45) is 4.99 Å². The predicted octanol–water partition coefficient (Wildman–Crippen LogP) is 4.05. The standard InChI is InChI=1S/C18H18FN3O2S/c1-23-16-8-13(10-20)15(9-17(16)24-2)22-18(25-3)21-11-12-4-6-14(19)7-5-12/h4-9H,11H2,1-3H3,(H,21,22). The van der Waals surface area contributed by atoms with Crippen LogP contribution in [0.15, 0.2) is 41.4 Å². The number of amidine groups is 1. The lowest BCUT2D eigenvalue weighted by molar-refractivity contribution is 0.355. The van der Waals surface area contributed by atoms with Gasteiger partial charge in [0.1, 0.15) is 11.9 Å². The summed E-state index contributed by atoms with van der Waals surface area (Å²) < 4.78 is 23.4. The maximum atomic E-state index is 13.0. The minimum atomic E-state index is -0.278. The largest absolute Gasteiger partial charge is 0.493 e. The van der Waals surface area contributed by atoms with Gasteiger partial charge < -0.3 is 14.8 Å². The van der Waals surface area contributed by atoms with Crippen molar-refractivity contribution in [2.75, 3.05) is 25.8 Å². The number of halogens is 1. The van der Waals surface area contributed by atoms with Gasteiger partial charge in [-0.25, -0.2) is 4.39 Å². The Bertz CT molecular complexity index is 801. The van der Waals surface area contributed by atoms with Gasteiger partial charge in [-0.2, -0.15) is 5.26 Å². The molecule has 0 aliphatic heterocycles. The van der Waals surface area contributed by atoms with Gasteiger partial charge in [-0.15, -0.1) is 0 Å². The minimum Gasteiger partial charge on any atom is -0.493 e. The summed E-state index contributed by atoms with van der Waals surface area (Å²) in [4.78, 5) is 4.48. The van der Waals surface area contributed by atoms with E-state index in [2.05, 4.69) is 16.4 Å². The summed E-state index contributed by atoms with van der Waals surface area (Å²) in [5.41, 5.74) is 1.89. The lowest BCUT2D eigenvalue weighted by atomic mass is 10.1. The van der Waals surface area contributed by atoms with Crippen LogP contribution in [-0.4, -0.2) is 25.6 Å². The molecule has 0 radical (unpaired) electrons. The average molecular weight is 359 g/mol. The molecule has 0 saturated carbocycles. The van der Waals surface area contributed by atoms with Crippen LogP contribution in [0.5, 0.6) is 11.5 Å². The van der Waals surface area contributed by atoms with E-state index in [4.69, 9.17) is 9.47 Å². The SMILES string of the molecule is COc1cc(C#N)c(NC(=NCc2ccc(F)cc2)SC)cc1OC. The van der Waals surface area contributed by atoms with Crippen molar-refractivity contribution in [1.82, 2.24) is 0 Å². The fraction of sp³-hybridized carbons (Fsp3) is 0.222. The Morgan fingerprint density at radius 3 is 2.40 bits per heavy atom. The Morgan fingerprint density at radius 1 is 1.20 bits per heavy atom. The number of hydrogen-bond donors (Lipinski definition) is 1. The second kappa shape index (κ2) is 8.94. The highest BCUT2D eigenvalue weighted by molar-refractivity contribution is 8.13. The zero-order valence-electron chi connectivity index (χ0n) is 14.2. The average Bonchev–Trinajstić information content (AvgIpc) is 2.65. The Morgan fingerprint density at radius 2 is 1.84 bits per heavy atom. The van der Waals surface area contributed by atoms with Gasteiger partial charge in [0.25, 0.3) is 0 Å². The number of nitriles is 1. The Balaban J connectivity index is 2.24. The van der Waals surface area contributed by atoms with E-state index in [-0.39, 0.29) is 5.82 Å². The van der Waals surface area contributed by atoms with Gasteiger partial charge >= 0.3 is 0 Å². The van der Waals surface area contributed by atoms with Crippen LogP contribution in [0.1, 0.15) is 11.1 Å². The van der Waals surface area contributed by atoms with Crippen molar-refractivity contribution in [1.29, 1.82) is 5.26 Å². The van der Waals surface area contributed by atoms with E-state index in [1.54, 1.807) is 24.3 Å². The van der Waals surface area contributed by atoms with Gasteiger partial charge in [0, 0.05) is 12.1 Å². The molecule has 0 spiro atoms. The molecule has 2 aromatic rings. The number of nitrogens with one attached hydrogen (secondary N) is 1. The number of anilines is 1. The first-order valence-corrected chi connectivity index (χ1v) is 8.59. The minimum absolute atomic E-state index is 0.278. The molecule has 130 valence electrons. The molecule has 0 atom stereocenters. The highest BCUT2D eigenvalue weighted by Crippen LogP contribution is 2.33. The number of rotatable bonds is 5. The molecule has 0 amide bonds. The van der Waals surface area contributed by atoms with Gasteiger partial charge in [-0.1, -0.05) is 23.9 Å². The molecule has 7 heteroatoms. The molecule has 5 nitrogen and oxygen atoms in total. The molecule has 2 aromatic carbocycles. The third-order valence-electron chi connectivity index (χ3n) is 3.40. The monoisotopic (exact) mass is 359 g/mol. The van der Waals surface area contributed by atoms with E-state index in [9.17, 15) is 9.65 Å². The van der Waals surface area contributed by atoms with Crippen molar-refractivity contribution >= 4 is 22.6 Å². The predicted molar refractivity (Wildman–Crippen MR) is 98.9 cm³/mol. The van der Waals surface area contributed by atoms with Crippen molar-refractivity contribution in [2.45, 2.75) is 6.54 Å². The summed E-state index contributed by atoms with van der Waals surface area (Å²) in [6.07, 6.45) is 1.88. The zero-order valence-corrected chi connectivity index (χ0v) is 15.0. The van der Waals surface area contributed by atoms with E-state index < -0.39 is 0 Å². The number of hydrogen-bond acceptors (Lipinski definition) is 5. The summed E-state index contributed by atoms with van der Waals surface area (Å²) in [5, 5.41) is 13.1. The molecule has 0 aliphatic rings. The summed E-state index contributed by atoms with van der Waals surface area (Å²) in [7, 11) is 3.05. The van der Waals surface area contributed by atoms with E-state index in [0.717, 1.165) is 5.56 Å². The summed E-state index contributed by atoms with van der Waals surface area (Å²) in [6, 6.07) is 11.6. The highest BCUT2D eigenvalue weighted by Gasteiger charge is 2.12. The topological polar surface area (TPSA) is 66.6 Å². The molecule has 0 fully saturated rings. The van der Waals surface area contributed by atoms with Crippen LogP contribution < -0.4 is 14.8 Å². The van der Waals surface area contributed by atoms with Crippen LogP contribution >= 0.6 is 11.8 Å². The highest BCUT2D eigenvalue weighted by atomic mass is 32.2. The van der Waals surface area contributed by atoms with Crippen molar-refractivity contribution in [3.63, 3.8) is 0 Å². The molecule has 0 bridgehead atoms. The fourth-order valence-corrected chi connectivity index (χ4v) is 2.50. The molecule has 0 aliphatic carbocycles. The Labute approximate surface area is 150 Å². The number of nitrogens with zero attached hydrogens (tertiary/aromatic N) is 2. The summed E-state index contributed by atoms with van der Waals surface area (Å²) in [6.45, 7) is 0.401. The van der Waals surface area contributed by atoms with E-state index >= 15 is 0 Å².